The Morgan fingerprint density at radius 1 is 1.08 bits per heavy atom. The van der Waals surface area contributed by atoms with Crippen molar-refractivity contribution in [3.63, 3.8) is 0 Å². The maximum absolute atomic E-state index is 5.80. The number of ether oxygens (including phenoxy) is 1. The number of hydrogen-bond acceptors (Lipinski definition) is 1. The summed E-state index contributed by atoms with van der Waals surface area (Å²) in [5.74, 6) is 1.33. The second kappa shape index (κ2) is 4.86. The van der Waals surface area contributed by atoms with Gasteiger partial charge in [-0.1, -0.05) is 27.7 Å². The second-order valence-electron chi connectivity index (χ2n) is 4.79. The van der Waals surface area contributed by atoms with Crippen molar-refractivity contribution < 1.29 is 4.74 Å². The van der Waals surface area contributed by atoms with Crippen LogP contribution in [0.2, 0.25) is 0 Å². The highest BCUT2D eigenvalue weighted by Crippen LogP contribution is 2.20. The summed E-state index contributed by atoms with van der Waals surface area (Å²) in [6.45, 7) is 14.1. The predicted molar refractivity (Wildman–Crippen MR) is 54.3 cm³/mol. The van der Waals surface area contributed by atoms with Crippen LogP contribution >= 0.6 is 0 Å². The maximum Gasteiger partial charge on any atom is 0.0649 e. The van der Waals surface area contributed by atoms with Crippen LogP contribution in [-0.4, -0.2) is 12.2 Å². The molecule has 0 spiro atoms. The summed E-state index contributed by atoms with van der Waals surface area (Å²) in [7, 11) is 0. The van der Waals surface area contributed by atoms with Crippen LogP contribution in [0.3, 0.4) is 0 Å². The molecule has 0 saturated carbocycles. The first kappa shape index (κ1) is 12.0. The van der Waals surface area contributed by atoms with Crippen LogP contribution in [0.4, 0.5) is 0 Å². The van der Waals surface area contributed by atoms with E-state index in [0.29, 0.717) is 5.92 Å². The van der Waals surface area contributed by atoms with Crippen molar-refractivity contribution in [1.82, 2.24) is 0 Å². The molecule has 0 radical (unpaired) electrons. The molecule has 0 bridgehead atoms. The molecule has 0 aliphatic rings. The fourth-order valence-electron chi connectivity index (χ4n) is 0.724. The minimum absolute atomic E-state index is 0.0366. The lowest BCUT2D eigenvalue weighted by Gasteiger charge is -2.29. The summed E-state index contributed by atoms with van der Waals surface area (Å²) >= 11 is 0. The Hall–Kier alpha value is -0.0400. The molecule has 0 aliphatic heterocycles. The van der Waals surface area contributed by atoms with E-state index in [2.05, 4.69) is 41.5 Å². The van der Waals surface area contributed by atoms with Crippen molar-refractivity contribution >= 4 is 0 Å². The molecule has 0 aromatic heterocycles. The summed E-state index contributed by atoms with van der Waals surface area (Å²) in [6.07, 6.45) is 1.16. The summed E-state index contributed by atoms with van der Waals surface area (Å²) in [4.78, 5) is 0. The van der Waals surface area contributed by atoms with Gasteiger partial charge in [-0.2, -0.15) is 0 Å². The van der Waals surface area contributed by atoms with E-state index in [9.17, 15) is 0 Å². The van der Waals surface area contributed by atoms with Gasteiger partial charge < -0.3 is 4.74 Å². The van der Waals surface area contributed by atoms with Gasteiger partial charge in [0.2, 0.25) is 0 Å². The monoisotopic (exact) mass is 172 g/mol. The third kappa shape index (κ3) is 4.76. The third-order valence-corrected chi connectivity index (χ3v) is 2.56. The lowest BCUT2D eigenvalue weighted by Crippen LogP contribution is -2.31. The molecule has 0 unspecified atom stereocenters. The molecule has 74 valence electrons. The summed E-state index contributed by atoms with van der Waals surface area (Å²) in [5.41, 5.74) is 0.0366. The van der Waals surface area contributed by atoms with Gasteiger partial charge in [0.1, 0.15) is 0 Å². The molecule has 0 heterocycles. The molecule has 0 fully saturated rings. The van der Waals surface area contributed by atoms with Gasteiger partial charge in [-0.05, 0) is 32.1 Å². The van der Waals surface area contributed by atoms with E-state index in [1.807, 2.05) is 0 Å². The molecular formula is C11H24O. The molecule has 0 aromatic carbocycles. The Balaban J connectivity index is 3.61. The molecule has 0 aliphatic carbocycles. The van der Waals surface area contributed by atoms with Gasteiger partial charge in [0.05, 0.1) is 5.60 Å². The van der Waals surface area contributed by atoms with Crippen LogP contribution < -0.4 is 0 Å². The lowest BCUT2D eigenvalue weighted by molar-refractivity contribution is -0.0537. The summed E-state index contributed by atoms with van der Waals surface area (Å²) in [5, 5.41) is 0. The van der Waals surface area contributed by atoms with Gasteiger partial charge in [-0.25, -0.2) is 0 Å². The SMILES string of the molecule is CC(C)CCOC(C)(C)C(C)C. The number of hydrogen-bond donors (Lipinski definition) is 0. The van der Waals surface area contributed by atoms with Crippen molar-refractivity contribution in [1.29, 1.82) is 0 Å². The Morgan fingerprint density at radius 3 is 1.92 bits per heavy atom. The quantitative estimate of drug-likeness (QED) is 0.617. The molecule has 12 heavy (non-hydrogen) atoms. The number of rotatable bonds is 5. The van der Waals surface area contributed by atoms with Crippen LogP contribution in [0, 0.1) is 11.8 Å². The van der Waals surface area contributed by atoms with Crippen molar-refractivity contribution in [2.24, 2.45) is 11.8 Å². The molecular weight excluding hydrogens is 148 g/mol. The Kier molecular flexibility index (Phi) is 4.84. The zero-order valence-corrected chi connectivity index (χ0v) is 9.48. The largest absolute Gasteiger partial charge is 0.375 e. The molecule has 0 amide bonds. The second-order valence-corrected chi connectivity index (χ2v) is 4.79. The van der Waals surface area contributed by atoms with E-state index >= 15 is 0 Å². The average molecular weight is 172 g/mol. The predicted octanol–water partition coefficient (Wildman–Crippen LogP) is 3.48. The first-order chi connectivity index (χ1) is 5.36. The van der Waals surface area contributed by atoms with E-state index in [4.69, 9.17) is 4.74 Å². The van der Waals surface area contributed by atoms with Gasteiger partial charge in [0.25, 0.3) is 0 Å². The minimum atomic E-state index is 0.0366. The van der Waals surface area contributed by atoms with E-state index in [-0.39, 0.29) is 5.60 Å². The average Bonchev–Trinajstić information content (AvgIpc) is 1.85. The lowest BCUT2D eigenvalue weighted by atomic mass is 9.94. The standard InChI is InChI=1S/C11H24O/c1-9(2)7-8-12-11(5,6)10(3)4/h9-10H,7-8H2,1-6H3. The molecule has 0 atom stereocenters. The molecule has 1 nitrogen and oxygen atoms in total. The van der Waals surface area contributed by atoms with E-state index < -0.39 is 0 Å². The molecule has 0 saturated heterocycles. The highest BCUT2D eigenvalue weighted by atomic mass is 16.5. The Morgan fingerprint density at radius 2 is 1.58 bits per heavy atom. The summed E-state index contributed by atoms with van der Waals surface area (Å²) in [6, 6.07) is 0. The van der Waals surface area contributed by atoms with Gasteiger partial charge >= 0.3 is 0 Å². The van der Waals surface area contributed by atoms with E-state index in [1.54, 1.807) is 0 Å². The van der Waals surface area contributed by atoms with Gasteiger partial charge in [-0.3, -0.25) is 0 Å². The molecule has 1 heteroatoms. The van der Waals surface area contributed by atoms with Crippen LogP contribution in [0.1, 0.15) is 48.0 Å². The fraction of sp³-hybridized carbons (Fsp3) is 1.00. The van der Waals surface area contributed by atoms with E-state index in [1.165, 1.54) is 0 Å². The molecule has 0 rings (SSSR count). The first-order valence-corrected chi connectivity index (χ1v) is 5.00. The van der Waals surface area contributed by atoms with Crippen molar-refractivity contribution in [2.45, 2.75) is 53.6 Å². The third-order valence-electron chi connectivity index (χ3n) is 2.56. The molecule has 0 aromatic rings. The van der Waals surface area contributed by atoms with Gasteiger partial charge in [-0.15, -0.1) is 0 Å². The fourth-order valence-corrected chi connectivity index (χ4v) is 0.724. The topological polar surface area (TPSA) is 9.23 Å². The van der Waals surface area contributed by atoms with Gasteiger partial charge in [0.15, 0.2) is 0 Å². The van der Waals surface area contributed by atoms with E-state index in [0.717, 1.165) is 18.9 Å². The van der Waals surface area contributed by atoms with Crippen LogP contribution in [0.5, 0.6) is 0 Å². The highest BCUT2D eigenvalue weighted by Gasteiger charge is 2.22. The van der Waals surface area contributed by atoms with Crippen molar-refractivity contribution in [3.8, 4) is 0 Å². The first-order valence-electron chi connectivity index (χ1n) is 5.00. The highest BCUT2D eigenvalue weighted by molar-refractivity contribution is 4.72. The summed E-state index contributed by atoms with van der Waals surface area (Å²) < 4.78 is 5.80. The zero-order valence-electron chi connectivity index (χ0n) is 9.48. The van der Waals surface area contributed by atoms with Gasteiger partial charge in [0, 0.05) is 6.61 Å². The van der Waals surface area contributed by atoms with Crippen LogP contribution in [0.25, 0.3) is 0 Å². The Labute approximate surface area is 77.5 Å². The normalized spacial score (nSPS) is 13.0. The van der Waals surface area contributed by atoms with Crippen LogP contribution in [-0.2, 0) is 4.74 Å². The zero-order chi connectivity index (χ0) is 9.78. The van der Waals surface area contributed by atoms with Crippen molar-refractivity contribution in [3.05, 3.63) is 0 Å². The van der Waals surface area contributed by atoms with Crippen molar-refractivity contribution in [2.75, 3.05) is 6.61 Å². The minimum Gasteiger partial charge on any atom is -0.375 e. The maximum atomic E-state index is 5.80. The molecule has 0 N–H and O–H groups in total. The smallest absolute Gasteiger partial charge is 0.0649 e. The Bertz CT molecular complexity index is 114. The van der Waals surface area contributed by atoms with Crippen LogP contribution in [0.15, 0.2) is 0 Å².